The Morgan fingerprint density at radius 1 is 0.365 bits per heavy atom. The van der Waals surface area contributed by atoms with Crippen molar-refractivity contribution < 1.29 is 4.42 Å². The van der Waals surface area contributed by atoms with E-state index in [1.54, 1.807) is 0 Å². The van der Waals surface area contributed by atoms with E-state index < -0.39 is 0 Å². The van der Waals surface area contributed by atoms with Gasteiger partial charge in [0.1, 0.15) is 5.58 Å². The fourth-order valence-corrected chi connectivity index (χ4v) is 7.08. The molecule has 10 rings (SSSR count). The molecule has 0 aliphatic carbocycles. The summed E-state index contributed by atoms with van der Waals surface area (Å²) in [4.78, 5) is 16.3. The highest BCUT2D eigenvalue weighted by Crippen LogP contribution is 2.38. The summed E-state index contributed by atoms with van der Waals surface area (Å²) in [6, 6.07) is 57.2. The van der Waals surface area contributed by atoms with Crippen molar-refractivity contribution >= 4 is 60.9 Å². The fraction of sp³-hybridized carbons (Fsp3) is 0. The van der Waals surface area contributed by atoms with Gasteiger partial charge in [-0.3, -0.25) is 9.97 Å². The van der Waals surface area contributed by atoms with Crippen LogP contribution in [0.15, 0.2) is 187 Å². The van der Waals surface area contributed by atoms with Crippen LogP contribution in [0.3, 0.4) is 0 Å². The molecule has 0 amide bonds. The predicted molar refractivity (Wildman–Crippen MR) is 213 cm³/mol. The fourth-order valence-electron chi connectivity index (χ4n) is 7.08. The van der Waals surface area contributed by atoms with E-state index in [1.807, 2.05) is 61.1 Å². The molecule has 0 saturated carbocycles. The molecule has 52 heavy (non-hydrogen) atoms. The monoisotopic (exact) mass is 666 g/mol. The van der Waals surface area contributed by atoms with Crippen LogP contribution in [0.25, 0.3) is 77.3 Å². The Kier molecular flexibility index (Phi) is 7.07. The Bertz CT molecular complexity index is 2770. The van der Waals surface area contributed by atoms with Crippen LogP contribution in [0.2, 0.25) is 0 Å². The maximum Gasteiger partial charge on any atom is 0.227 e. The number of rotatable bonds is 6. The number of hydrogen-bond donors (Lipinski definition) is 0. The van der Waals surface area contributed by atoms with Crippen molar-refractivity contribution in [1.29, 1.82) is 0 Å². The molecule has 0 atom stereocenters. The summed E-state index contributed by atoms with van der Waals surface area (Å²) in [5.41, 5.74) is 13.2. The highest BCUT2D eigenvalue weighted by Gasteiger charge is 2.15. The number of aromatic nitrogens is 3. The molecule has 244 valence electrons. The van der Waals surface area contributed by atoms with E-state index in [-0.39, 0.29) is 0 Å². The number of nitrogens with zero attached hydrogens (tertiary/aromatic N) is 4. The molecule has 4 heterocycles. The summed E-state index contributed by atoms with van der Waals surface area (Å²) in [5, 5.41) is 4.34. The smallest absolute Gasteiger partial charge is 0.227 e. The summed E-state index contributed by atoms with van der Waals surface area (Å²) in [6.45, 7) is 0. The summed E-state index contributed by atoms with van der Waals surface area (Å²) in [7, 11) is 0. The molecule has 0 aliphatic heterocycles. The van der Waals surface area contributed by atoms with Gasteiger partial charge in [-0.25, -0.2) is 4.98 Å². The van der Waals surface area contributed by atoms with Gasteiger partial charge in [-0.05, 0) is 89.5 Å². The lowest BCUT2D eigenvalue weighted by Crippen LogP contribution is -2.09. The second kappa shape index (κ2) is 12.3. The van der Waals surface area contributed by atoms with E-state index in [0.717, 1.165) is 88.6 Å². The Hall–Kier alpha value is -7.11. The maximum absolute atomic E-state index is 5.98. The first-order chi connectivity index (χ1) is 25.7. The van der Waals surface area contributed by atoms with Crippen molar-refractivity contribution in [3.63, 3.8) is 0 Å². The van der Waals surface area contributed by atoms with Gasteiger partial charge >= 0.3 is 0 Å². The van der Waals surface area contributed by atoms with Crippen LogP contribution >= 0.6 is 0 Å². The van der Waals surface area contributed by atoms with Gasteiger partial charge in [-0.2, -0.15) is 0 Å². The molecule has 0 bridgehead atoms. The SMILES string of the molecule is c1ccc2ncc(-c3ccc(N(c4ccc(-c5cnc6ccccc6c5)cc4)c4ccc(-c5cnc6oc7ccccc7c6c5)cc4)cc3)cc2c1. The standard InChI is InChI=1S/C47H30N4O/c1-4-10-44-34(7-1)25-36(28-48-44)31-13-19-39(20-14-31)51(40-21-15-32(16-22-40)37-26-35-8-2-5-11-45(35)49-29-37)41-23-17-33(18-24-41)38-27-43-42-9-3-6-12-46(42)52-47(43)50-30-38/h1-30H. The largest absolute Gasteiger partial charge is 0.438 e. The first-order valence-electron chi connectivity index (χ1n) is 17.3. The third-order valence-corrected chi connectivity index (χ3v) is 9.79. The van der Waals surface area contributed by atoms with Crippen LogP contribution < -0.4 is 4.90 Å². The number of anilines is 3. The number of para-hydroxylation sites is 3. The van der Waals surface area contributed by atoms with Crippen LogP contribution in [-0.4, -0.2) is 15.0 Å². The summed E-state index contributed by atoms with van der Waals surface area (Å²) >= 11 is 0. The van der Waals surface area contributed by atoms with Crippen molar-refractivity contribution in [3.8, 4) is 33.4 Å². The molecule has 5 heteroatoms. The Labute approximate surface area is 300 Å². The van der Waals surface area contributed by atoms with Gasteiger partial charge in [0.25, 0.3) is 0 Å². The van der Waals surface area contributed by atoms with Gasteiger partial charge < -0.3 is 9.32 Å². The van der Waals surface area contributed by atoms with E-state index >= 15 is 0 Å². The number of benzene rings is 6. The molecule has 6 aromatic carbocycles. The molecular formula is C47H30N4O. The van der Waals surface area contributed by atoms with E-state index in [1.165, 1.54) is 0 Å². The first kappa shape index (κ1) is 29.8. The van der Waals surface area contributed by atoms with Crippen LogP contribution in [0, 0.1) is 0 Å². The molecule has 0 N–H and O–H groups in total. The van der Waals surface area contributed by atoms with Gasteiger partial charge in [0.15, 0.2) is 0 Å². The average Bonchev–Trinajstić information content (AvgIpc) is 3.59. The zero-order valence-corrected chi connectivity index (χ0v) is 28.0. The Morgan fingerprint density at radius 2 is 0.808 bits per heavy atom. The van der Waals surface area contributed by atoms with Crippen molar-refractivity contribution in [3.05, 3.63) is 182 Å². The topological polar surface area (TPSA) is 55.1 Å². The van der Waals surface area contributed by atoms with Crippen LogP contribution in [0.5, 0.6) is 0 Å². The van der Waals surface area contributed by atoms with Crippen molar-refractivity contribution in [2.24, 2.45) is 0 Å². The lowest BCUT2D eigenvalue weighted by molar-refractivity contribution is 0.654. The minimum absolute atomic E-state index is 0.651. The summed E-state index contributed by atoms with van der Waals surface area (Å²) in [5.74, 6) is 0. The van der Waals surface area contributed by atoms with E-state index in [2.05, 4.69) is 131 Å². The normalized spacial score (nSPS) is 11.5. The molecule has 0 spiro atoms. The summed E-state index contributed by atoms with van der Waals surface area (Å²) in [6.07, 6.45) is 5.79. The van der Waals surface area contributed by atoms with Gasteiger partial charge in [-0.15, -0.1) is 0 Å². The van der Waals surface area contributed by atoms with E-state index in [0.29, 0.717) is 5.71 Å². The highest BCUT2D eigenvalue weighted by molar-refractivity contribution is 6.04. The second-order valence-electron chi connectivity index (χ2n) is 13.0. The predicted octanol–water partition coefficient (Wildman–Crippen LogP) is 12.5. The summed E-state index contributed by atoms with van der Waals surface area (Å²) < 4.78 is 5.98. The zero-order chi connectivity index (χ0) is 34.4. The molecule has 10 aromatic rings. The maximum atomic E-state index is 5.98. The number of fused-ring (bicyclic) bond motifs is 5. The van der Waals surface area contributed by atoms with Crippen molar-refractivity contribution in [2.75, 3.05) is 4.90 Å². The van der Waals surface area contributed by atoms with Gasteiger partial charge in [0.2, 0.25) is 5.71 Å². The molecular weight excluding hydrogens is 637 g/mol. The Balaban J connectivity index is 1.02. The van der Waals surface area contributed by atoms with E-state index in [9.17, 15) is 0 Å². The minimum atomic E-state index is 0.651. The molecule has 5 nitrogen and oxygen atoms in total. The van der Waals surface area contributed by atoms with Gasteiger partial charge in [0.05, 0.1) is 11.0 Å². The third-order valence-electron chi connectivity index (χ3n) is 9.79. The molecule has 4 aromatic heterocycles. The van der Waals surface area contributed by atoms with Crippen molar-refractivity contribution in [1.82, 2.24) is 15.0 Å². The van der Waals surface area contributed by atoms with E-state index in [4.69, 9.17) is 14.4 Å². The van der Waals surface area contributed by atoms with Gasteiger partial charge in [-0.1, -0.05) is 91.0 Å². The van der Waals surface area contributed by atoms with Crippen LogP contribution in [-0.2, 0) is 0 Å². The average molecular weight is 667 g/mol. The van der Waals surface area contributed by atoms with Gasteiger partial charge in [0, 0.05) is 73.9 Å². The van der Waals surface area contributed by atoms with Crippen LogP contribution in [0.4, 0.5) is 17.1 Å². The number of pyridine rings is 3. The molecule has 0 aliphatic rings. The quantitative estimate of drug-likeness (QED) is 0.177. The lowest BCUT2D eigenvalue weighted by atomic mass is 10.0. The highest BCUT2D eigenvalue weighted by atomic mass is 16.3. The molecule has 0 fully saturated rings. The zero-order valence-electron chi connectivity index (χ0n) is 28.0. The number of hydrogen-bond acceptors (Lipinski definition) is 5. The lowest BCUT2D eigenvalue weighted by Gasteiger charge is -2.26. The Morgan fingerprint density at radius 3 is 1.35 bits per heavy atom. The molecule has 0 saturated heterocycles. The van der Waals surface area contributed by atoms with Crippen LogP contribution in [0.1, 0.15) is 0 Å². The number of furan rings is 1. The molecule has 0 unspecified atom stereocenters. The molecule has 0 radical (unpaired) electrons. The minimum Gasteiger partial charge on any atom is -0.438 e. The first-order valence-corrected chi connectivity index (χ1v) is 17.3. The second-order valence-corrected chi connectivity index (χ2v) is 13.0. The third kappa shape index (κ3) is 5.32. The van der Waals surface area contributed by atoms with Crippen molar-refractivity contribution in [2.45, 2.75) is 0 Å².